The molecule has 0 aliphatic carbocycles. The fourth-order valence-electron chi connectivity index (χ4n) is 8.15. The molecule has 3 saturated heterocycles. The zero-order chi connectivity index (χ0) is 49.4. The van der Waals surface area contributed by atoms with E-state index in [1.807, 2.05) is 152 Å². The maximum atomic E-state index is 13.0. The standard InChI is InChI=1S/C20H31N3O3.C19H24N4O2.C14H16N4/c1-20(2,3)26-19(25)23-13-11-22(12-14-23)17(15-21(4)5)18(24)16-9-7-6-8-10-16;1-19(2,3)25-18(24)23-11-9-22(10-12-23)16-13-20-14-21-17(16)15-7-5-4-6-8-15;1-2-4-12(5-3-1)14-13(10-16-11-17-14)18-8-6-15-7-9-18/h6-10,17H,11-15H2,1-5H3;4-8,13-14H,9-12H2,1-3H3;1-5,10-11,15H,6-9H2. The quantitative estimate of drug-likeness (QED) is 0.150. The molecule has 3 aliphatic heterocycles. The Hall–Kier alpha value is -6.49. The third kappa shape index (κ3) is 15.8. The lowest BCUT2D eigenvalue weighted by Gasteiger charge is -2.39. The lowest BCUT2D eigenvalue weighted by atomic mass is 10.0. The van der Waals surface area contributed by atoms with Crippen LogP contribution in [0.2, 0.25) is 0 Å². The molecule has 0 radical (unpaired) electrons. The van der Waals surface area contributed by atoms with Gasteiger partial charge in [0.25, 0.3) is 0 Å². The Kier molecular flexibility index (Phi) is 18.6. The lowest BCUT2D eigenvalue weighted by molar-refractivity contribution is 0.00977. The molecule has 368 valence electrons. The van der Waals surface area contributed by atoms with Crippen LogP contribution in [0.25, 0.3) is 22.5 Å². The van der Waals surface area contributed by atoms with E-state index in [1.54, 1.807) is 22.5 Å². The van der Waals surface area contributed by atoms with Crippen LogP contribution in [-0.4, -0.2) is 174 Å². The van der Waals surface area contributed by atoms with Gasteiger partial charge in [0.1, 0.15) is 23.9 Å². The van der Waals surface area contributed by atoms with Gasteiger partial charge >= 0.3 is 12.2 Å². The number of piperazine rings is 3. The van der Waals surface area contributed by atoms with Crippen LogP contribution >= 0.6 is 0 Å². The SMILES string of the molecule is CC(C)(C)OC(=O)N1CCN(c2cncnc2-c2ccccc2)CC1.CN(C)CC(C(=O)c1ccccc1)N1CCN(C(=O)OC(C)(C)C)CC1.c1ccc(-c2ncncc2N2CCNCC2)cc1. The van der Waals surface area contributed by atoms with E-state index in [2.05, 4.69) is 52.1 Å². The number of ether oxygens (including phenoxy) is 2. The summed E-state index contributed by atoms with van der Waals surface area (Å²) in [5.74, 6) is 0.130. The minimum Gasteiger partial charge on any atom is -0.444 e. The van der Waals surface area contributed by atoms with Crippen molar-refractivity contribution < 1.29 is 23.9 Å². The van der Waals surface area contributed by atoms with E-state index in [4.69, 9.17) is 9.47 Å². The Labute approximate surface area is 408 Å². The van der Waals surface area contributed by atoms with Gasteiger partial charge in [-0.2, -0.15) is 0 Å². The smallest absolute Gasteiger partial charge is 0.410 e. The summed E-state index contributed by atoms with van der Waals surface area (Å²) in [5, 5.41) is 3.36. The Morgan fingerprint density at radius 2 is 0.986 bits per heavy atom. The molecular formula is C53H71N11O5. The number of nitrogens with zero attached hydrogens (tertiary/aromatic N) is 10. The summed E-state index contributed by atoms with van der Waals surface area (Å²) in [7, 11) is 3.95. The molecule has 1 N–H and O–H groups in total. The van der Waals surface area contributed by atoms with E-state index in [-0.39, 0.29) is 24.0 Å². The Morgan fingerprint density at radius 1 is 0.580 bits per heavy atom. The van der Waals surface area contributed by atoms with Crippen LogP contribution in [0.4, 0.5) is 21.0 Å². The molecule has 5 heterocycles. The lowest BCUT2D eigenvalue weighted by Crippen LogP contribution is -2.56. The van der Waals surface area contributed by atoms with Crippen molar-refractivity contribution in [3.05, 3.63) is 122 Å². The molecule has 1 atom stereocenters. The average molecular weight is 942 g/mol. The van der Waals surface area contributed by atoms with Gasteiger partial charge in [0, 0.05) is 102 Å². The van der Waals surface area contributed by atoms with Gasteiger partial charge in [-0.1, -0.05) is 91.0 Å². The summed E-state index contributed by atoms with van der Waals surface area (Å²) >= 11 is 0. The van der Waals surface area contributed by atoms with Crippen LogP contribution in [-0.2, 0) is 9.47 Å². The monoisotopic (exact) mass is 942 g/mol. The number of likely N-dealkylation sites (N-methyl/N-ethyl adjacent to an activating group) is 1. The van der Waals surface area contributed by atoms with Crippen molar-refractivity contribution in [3.63, 3.8) is 0 Å². The fraction of sp³-hybridized carbons (Fsp3) is 0.453. The van der Waals surface area contributed by atoms with Crippen molar-refractivity contribution in [2.24, 2.45) is 0 Å². The number of anilines is 2. The Bertz CT molecular complexity index is 2360. The molecule has 8 rings (SSSR count). The minimum absolute atomic E-state index is 0.130. The predicted molar refractivity (Wildman–Crippen MR) is 273 cm³/mol. The Morgan fingerprint density at radius 3 is 1.41 bits per heavy atom. The molecule has 16 heteroatoms. The molecule has 69 heavy (non-hydrogen) atoms. The van der Waals surface area contributed by atoms with Crippen molar-refractivity contribution >= 4 is 29.3 Å². The first kappa shape index (κ1) is 51.9. The number of rotatable bonds is 9. The van der Waals surface area contributed by atoms with Gasteiger partial charge in [-0.05, 0) is 55.6 Å². The van der Waals surface area contributed by atoms with Crippen LogP contribution in [0.1, 0.15) is 51.9 Å². The fourth-order valence-corrected chi connectivity index (χ4v) is 8.15. The summed E-state index contributed by atoms with van der Waals surface area (Å²) in [5.41, 5.74) is 6.04. The third-order valence-corrected chi connectivity index (χ3v) is 11.5. The second kappa shape index (κ2) is 24.7. The molecule has 16 nitrogen and oxygen atoms in total. The molecule has 3 fully saturated rings. The maximum Gasteiger partial charge on any atom is 0.410 e. The van der Waals surface area contributed by atoms with Gasteiger partial charge in [0.05, 0.1) is 41.2 Å². The largest absolute Gasteiger partial charge is 0.444 e. The molecule has 3 aromatic carbocycles. The molecule has 2 aromatic heterocycles. The van der Waals surface area contributed by atoms with Crippen LogP contribution < -0.4 is 15.1 Å². The van der Waals surface area contributed by atoms with Crippen LogP contribution in [0, 0.1) is 0 Å². The zero-order valence-corrected chi connectivity index (χ0v) is 41.8. The van der Waals surface area contributed by atoms with Crippen LogP contribution in [0.15, 0.2) is 116 Å². The second-order valence-electron chi connectivity index (χ2n) is 19.4. The number of amides is 2. The van der Waals surface area contributed by atoms with Gasteiger partial charge < -0.3 is 39.3 Å². The summed E-state index contributed by atoms with van der Waals surface area (Å²) in [6.45, 7) is 21.1. The molecule has 1 unspecified atom stereocenters. The number of ketones is 1. The van der Waals surface area contributed by atoms with Gasteiger partial charge in [0.2, 0.25) is 0 Å². The number of Topliss-reactive ketones (excluding diaryl/α,β-unsaturated/α-hetero) is 1. The van der Waals surface area contributed by atoms with Crippen molar-refractivity contribution in [1.29, 1.82) is 0 Å². The highest BCUT2D eigenvalue weighted by atomic mass is 16.6. The summed E-state index contributed by atoms with van der Waals surface area (Å²) in [4.78, 5) is 67.0. The first-order chi connectivity index (χ1) is 33.1. The van der Waals surface area contributed by atoms with E-state index in [1.165, 1.54) is 0 Å². The highest BCUT2D eigenvalue weighted by molar-refractivity contribution is 6.00. The molecule has 2 amide bonds. The topological polar surface area (TPSA) is 153 Å². The van der Waals surface area contributed by atoms with E-state index >= 15 is 0 Å². The average Bonchev–Trinajstić information content (AvgIpc) is 3.36. The van der Waals surface area contributed by atoms with Crippen LogP contribution in [0.5, 0.6) is 0 Å². The van der Waals surface area contributed by atoms with Gasteiger partial charge in [-0.3, -0.25) is 9.69 Å². The number of carbonyl (C=O) groups is 3. The van der Waals surface area contributed by atoms with Crippen molar-refractivity contribution in [2.45, 2.75) is 58.8 Å². The number of hydrogen-bond donors (Lipinski definition) is 1. The zero-order valence-electron chi connectivity index (χ0n) is 41.8. The summed E-state index contributed by atoms with van der Waals surface area (Å²) < 4.78 is 10.9. The number of carbonyl (C=O) groups excluding carboxylic acids is 3. The molecule has 5 aromatic rings. The third-order valence-electron chi connectivity index (χ3n) is 11.5. The number of nitrogens with one attached hydrogen (secondary N) is 1. The molecule has 0 saturated carbocycles. The second-order valence-corrected chi connectivity index (χ2v) is 19.4. The van der Waals surface area contributed by atoms with Gasteiger partial charge in [-0.15, -0.1) is 0 Å². The molecule has 0 bridgehead atoms. The minimum atomic E-state index is -0.495. The van der Waals surface area contributed by atoms with Gasteiger partial charge in [-0.25, -0.2) is 29.5 Å². The first-order valence-electron chi connectivity index (χ1n) is 23.9. The van der Waals surface area contributed by atoms with Crippen molar-refractivity contribution in [3.8, 4) is 22.5 Å². The highest BCUT2D eigenvalue weighted by Crippen LogP contribution is 2.30. The highest BCUT2D eigenvalue weighted by Gasteiger charge is 2.33. The summed E-state index contributed by atoms with van der Waals surface area (Å²) in [6.07, 6.45) is 6.42. The van der Waals surface area contributed by atoms with Crippen molar-refractivity contribution in [1.82, 2.24) is 44.9 Å². The van der Waals surface area contributed by atoms with E-state index in [0.29, 0.717) is 45.8 Å². The Balaban J connectivity index is 0.000000173. The van der Waals surface area contributed by atoms with Gasteiger partial charge in [0.15, 0.2) is 5.78 Å². The van der Waals surface area contributed by atoms with Crippen molar-refractivity contribution in [2.75, 3.05) is 109 Å². The first-order valence-corrected chi connectivity index (χ1v) is 23.9. The van der Waals surface area contributed by atoms with Crippen LogP contribution in [0.3, 0.4) is 0 Å². The number of aromatic nitrogens is 4. The molecule has 0 spiro atoms. The molecule has 3 aliphatic rings. The maximum absolute atomic E-state index is 13.0. The van der Waals surface area contributed by atoms with E-state index < -0.39 is 11.2 Å². The number of benzene rings is 3. The molecular weight excluding hydrogens is 871 g/mol. The normalized spacial score (nSPS) is 16.1. The predicted octanol–water partition coefficient (Wildman–Crippen LogP) is 7.11. The van der Waals surface area contributed by atoms with E-state index in [9.17, 15) is 14.4 Å². The summed E-state index contributed by atoms with van der Waals surface area (Å²) in [6, 6.07) is 29.6. The van der Waals surface area contributed by atoms with E-state index in [0.717, 1.165) is 78.7 Å². The number of hydrogen-bond acceptors (Lipinski definition) is 14.